The van der Waals surface area contributed by atoms with Crippen LogP contribution >= 0.6 is 0 Å². The van der Waals surface area contributed by atoms with E-state index in [0.717, 1.165) is 5.56 Å². The molecule has 1 aromatic heterocycles. The molecule has 0 aliphatic rings. The Kier molecular flexibility index (Phi) is 4.10. The zero-order valence-electron chi connectivity index (χ0n) is 10.8. The molecule has 0 saturated heterocycles. The molecule has 0 bridgehead atoms. The van der Waals surface area contributed by atoms with Crippen molar-refractivity contribution >= 4 is 5.96 Å². The van der Waals surface area contributed by atoms with Gasteiger partial charge in [0.05, 0.1) is 6.54 Å². The number of nitrogens with two attached hydrogens (primary N) is 2. The Morgan fingerprint density at radius 1 is 1.29 bits per heavy atom. The van der Waals surface area contributed by atoms with Crippen LogP contribution in [0.1, 0.15) is 11.4 Å². The van der Waals surface area contributed by atoms with E-state index in [1.165, 1.54) is 0 Å². The maximum absolute atomic E-state index is 12.2. The largest absolute Gasteiger partial charge is 0.396 e. The number of benzene rings is 1. The van der Waals surface area contributed by atoms with Gasteiger partial charge in [0.1, 0.15) is 6.42 Å². The van der Waals surface area contributed by atoms with Gasteiger partial charge in [-0.2, -0.15) is 18.2 Å². The topological polar surface area (TPSA) is 103 Å². The SMILES string of the molecule is NC(N)=NCc1cccc(-c2nc(CC(F)(F)F)no2)c1. The maximum Gasteiger partial charge on any atom is 0.396 e. The van der Waals surface area contributed by atoms with Gasteiger partial charge < -0.3 is 16.0 Å². The highest BCUT2D eigenvalue weighted by Crippen LogP contribution is 2.23. The number of nitrogens with zero attached hydrogens (tertiary/aromatic N) is 3. The lowest BCUT2D eigenvalue weighted by Crippen LogP contribution is -2.22. The molecule has 9 heteroatoms. The molecule has 0 fully saturated rings. The van der Waals surface area contributed by atoms with Gasteiger partial charge in [0.15, 0.2) is 11.8 Å². The van der Waals surface area contributed by atoms with E-state index in [2.05, 4.69) is 15.1 Å². The average molecular weight is 299 g/mol. The van der Waals surface area contributed by atoms with Crippen LogP contribution in [0.15, 0.2) is 33.8 Å². The molecule has 0 spiro atoms. The van der Waals surface area contributed by atoms with Crippen molar-refractivity contribution < 1.29 is 17.7 Å². The van der Waals surface area contributed by atoms with Gasteiger partial charge in [0.2, 0.25) is 0 Å². The summed E-state index contributed by atoms with van der Waals surface area (Å²) in [6.45, 7) is 0.250. The molecule has 21 heavy (non-hydrogen) atoms. The monoisotopic (exact) mass is 299 g/mol. The molecule has 112 valence electrons. The van der Waals surface area contributed by atoms with Gasteiger partial charge in [-0.25, -0.2) is 4.99 Å². The normalized spacial score (nSPS) is 11.4. The first kappa shape index (κ1) is 14.8. The van der Waals surface area contributed by atoms with Gasteiger partial charge in [-0.05, 0) is 17.7 Å². The second-order valence-electron chi connectivity index (χ2n) is 4.25. The van der Waals surface area contributed by atoms with Crippen LogP contribution < -0.4 is 11.5 Å². The van der Waals surface area contributed by atoms with Crippen LogP contribution in [0.3, 0.4) is 0 Å². The summed E-state index contributed by atoms with van der Waals surface area (Å²) in [6, 6.07) is 6.77. The summed E-state index contributed by atoms with van der Waals surface area (Å²) in [5.74, 6) is -0.446. The molecule has 0 aliphatic carbocycles. The highest BCUT2D eigenvalue weighted by molar-refractivity contribution is 5.75. The van der Waals surface area contributed by atoms with E-state index in [-0.39, 0.29) is 18.4 Å². The molecule has 2 rings (SSSR count). The summed E-state index contributed by atoms with van der Waals surface area (Å²) in [5.41, 5.74) is 11.7. The van der Waals surface area contributed by atoms with E-state index < -0.39 is 18.4 Å². The first-order valence-corrected chi connectivity index (χ1v) is 5.87. The fourth-order valence-corrected chi connectivity index (χ4v) is 1.61. The van der Waals surface area contributed by atoms with Crippen LogP contribution in [0, 0.1) is 0 Å². The number of aliphatic imine (C=N–C) groups is 1. The van der Waals surface area contributed by atoms with Gasteiger partial charge >= 0.3 is 6.18 Å². The molecule has 0 aliphatic heterocycles. The third-order valence-corrected chi connectivity index (χ3v) is 2.44. The minimum absolute atomic E-state index is 0.0146. The summed E-state index contributed by atoms with van der Waals surface area (Å²) in [5, 5.41) is 3.31. The summed E-state index contributed by atoms with van der Waals surface area (Å²) in [4.78, 5) is 7.56. The summed E-state index contributed by atoms with van der Waals surface area (Å²) < 4.78 is 41.5. The highest BCUT2D eigenvalue weighted by atomic mass is 19.4. The lowest BCUT2D eigenvalue weighted by molar-refractivity contribution is -0.128. The van der Waals surface area contributed by atoms with Crippen molar-refractivity contribution in [3.8, 4) is 11.5 Å². The quantitative estimate of drug-likeness (QED) is 0.659. The molecule has 1 aromatic carbocycles. The number of guanidine groups is 1. The Bertz CT molecular complexity index is 646. The van der Waals surface area contributed by atoms with E-state index in [1.54, 1.807) is 24.3 Å². The smallest absolute Gasteiger partial charge is 0.370 e. The molecule has 2 aromatic rings. The molecular formula is C12H12F3N5O. The molecule has 4 N–H and O–H groups in total. The standard InChI is InChI=1S/C12H12F3N5O/c13-12(14,15)5-9-19-10(21-20-9)8-3-1-2-7(4-8)6-18-11(16)17/h1-4H,5-6H2,(H4,16,17,18). The second-order valence-corrected chi connectivity index (χ2v) is 4.25. The van der Waals surface area contributed by atoms with Crippen LogP contribution in [0.5, 0.6) is 0 Å². The highest BCUT2D eigenvalue weighted by Gasteiger charge is 2.30. The molecule has 0 radical (unpaired) electrons. The molecule has 1 heterocycles. The van der Waals surface area contributed by atoms with Crippen LogP contribution in [0.2, 0.25) is 0 Å². The maximum atomic E-state index is 12.2. The number of hydrogen-bond donors (Lipinski definition) is 2. The van der Waals surface area contributed by atoms with Gasteiger partial charge in [0, 0.05) is 5.56 Å². The number of rotatable bonds is 4. The predicted octanol–water partition coefficient (Wildman–Crippen LogP) is 1.61. The summed E-state index contributed by atoms with van der Waals surface area (Å²) in [6.07, 6.45) is -5.61. The van der Waals surface area contributed by atoms with Crippen molar-refractivity contribution in [3.05, 3.63) is 35.7 Å². The molecular weight excluding hydrogens is 287 g/mol. The lowest BCUT2D eigenvalue weighted by Gasteiger charge is -2.00. The van der Waals surface area contributed by atoms with Crippen LogP contribution in [-0.2, 0) is 13.0 Å². The van der Waals surface area contributed by atoms with Gasteiger partial charge in [0.25, 0.3) is 5.89 Å². The lowest BCUT2D eigenvalue weighted by atomic mass is 10.1. The molecule has 0 unspecified atom stereocenters. The third kappa shape index (κ3) is 4.48. The third-order valence-electron chi connectivity index (χ3n) is 2.44. The van der Waals surface area contributed by atoms with E-state index in [9.17, 15) is 13.2 Å². The molecule has 0 saturated carbocycles. The minimum Gasteiger partial charge on any atom is -0.370 e. The Hall–Kier alpha value is -2.58. The van der Waals surface area contributed by atoms with Crippen molar-refractivity contribution in [1.82, 2.24) is 10.1 Å². The molecule has 6 nitrogen and oxygen atoms in total. The zero-order chi connectivity index (χ0) is 15.5. The summed E-state index contributed by atoms with van der Waals surface area (Å²) in [7, 11) is 0. The van der Waals surface area contributed by atoms with Crippen molar-refractivity contribution in [3.63, 3.8) is 0 Å². The molecule has 0 atom stereocenters. The van der Waals surface area contributed by atoms with E-state index in [4.69, 9.17) is 16.0 Å². The van der Waals surface area contributed by atoms with Crippen molar-refractivity contribution in [1.29, 1.82) is 0 Å². The fraction of sp³-hybridized carbons (Fsp3) is 0.250. The van der Waals surface area contributed by atoms with E-state index in [1.807, 2.05) is 0 Å². The first-order valence-electron chi connectivity index (χ1n) is 5.87. The van der Waals surface area contributed by atoms with Gasteiger partial charge in [-0.1, -0.05) is 17.3 Å². The summed E-state index contributed by atoms with van der Waals surface area (Å²) >= 11 is 0. The zero-order valence-corrected chi connectivity index (χ0v) is 10.8. The van der Waals surface area contributed by atoms with Crippen molar-refractivity contribution in [2.75, 3.05) is 0 Å². The van der Waals surface area contributed by atoms with E-state index >= 15 is 0 Å². The van der Waals surface area contributed by atoms with Gasteiger partial charge in [-0.3, -0.25) is 0 Å². The Labute approximate surface area is 117 Å². The number of hydrogen-bond acceptors (Lipinski definition) is 4. The minimum atomic E-state index is -4.38. The Balaban J connectivity index is 2.18. The molecule has 0 amide bonds. The predicted molar refractivity (Wildman–Crippen MR) is 69.0 cm³/mol. The van der Waals surface area contributed by atoms with Gasteiger partial charge in [-0.15, -0.1) is 0 Å². The average Bonchev–Trinajstić information content (AvgIpc) is 2.83. The van der Waals surface area contributed by atoms with Crippen LogP contribution in [0.4, 0.5) is 13.2 Å². The number of halogens is 3. The van der Waals surface area contributed by atoms with E-state index in [0.29, 0.717) is 5.56 Å². The van der Waals surface area contributed by atoms with Crippen LogP contribution in [-0.4, -0.2) is 22.3 Å². The van der Waals surface area contributed by atoms with Crippen molar-refractivity contribution in [2.45, 2.75) is 19.1 Å². The number of aromatic nitrogens is 2. The Morgan fingerprint density at radius 3 is 2.71 bits per heavy atom. The fourth-order valence-electron chi connectivity index (χ4n) is 1.61. The first-order chi connectivity index (χ1) is 9.83. The van der Waals surface area contributed by atoms with Crippen LogP contribution in [0.25, 0.3) is 11.5 Å². The Morgan fingerprint density at radius 2 is 2.05 bits per heavy atom. The number of alkyl halides is 3. The second kappa shape index (κ2) is 5.81. The van der Waals surface area contributed by atoms with Crippen molar-refractivity contribution in [2.24, 2.45) is 16.5 Å².